The van der Waals surface area contributed by atoms with E-state index in [9.17, 15) is 4.79 Å². The molecule has 0 saturated carbocycles. The monoisotopic (exact) mass is 488 g/mol. The Balaban J connectivity index is 1.54. The second-order valence-electron chi connectivity index (χ2n) is 8.66. The lowest BCUT2D eigenvalue weighted by atomic mass is 9.97. The lowest BCUT2D eigenvalue weighted by molar-refractivity contribution is -0.232. The molecule has 188 valence electrons. The average molecular weight is 489 g/mol. The molecule has 6 nitrogen and oxygen atoms in total. The molecule has 0 radical (unpaired) electrons. The third kappa shape index (κ3) is 7.28. The van der Waals surface area contributed by atoms with Gasteiger partial charge >= 0.3 is 5.97 Å². The summed E-state index contributed by atoms with van der Waals surface area (Å²) in [4.78, 5) is 11.9. The van der Waals surface area contributed by atoms with Crippen LogP contribution in [0.2, 0.25) is 0 Å². The van der Waals surface area contributed by atoms with E-state index in [1.54, 1.807) is 0 Å². The maximum Gasteiger partial charge on any atom is 0.303 e. The van der Waals surface area contributed by atoms with Crippen LogP contribution in [0.4, 0.5) is 0 Å². The molecule has 0 aromatic heterocycles. The van der Waals surface area contributed by atoms with Gasteiger partial charge in [0.2, 0.25) is 0 Å². The van der Waals surface area contributed by atoms with Crippen molar-refractivity contribution in [3.05, 3.63) is 120 Å². The van der Waals surface area contributed by atoms with Gasteiger partial charge in [0.15, 0.2) is 6.10 Å². The predicted octanol–water partition coefficient (Wildman–Crippen LogP) is 5.22. The molecule has 4 rings (SSSR count). The van der Waals surface area contributed by atoms with Gasteiger partial charge in [-0.2, -0.15) is 0 Å². The second-order valence-corrected chi connectivity index (χ2v) is 8.66. The van der Waals surface area contributed by atoms with E-state index in [1.807, 2.05) is 91.0 Å². The molecule has 0 aliphatic carbocycles. The Kier molecular flexibility index (Phi) is 9.27. The maximum atomic E-state index is 11.9. The van der Waals surface area contributed by atoms with Crippen LogP contribution in [0.3, 0.4) is 0 Å². The van der Waals surface area contributed by atoms with Crippen molar-refractivity contribution in [2.75, 3.05) is 6.61 Å². The smallest absolute Gasteiger partial charge is 0.303 e. The Hall–Kier alpha value is -3.45. The van der Waals surface area contributed by atoms with E-state index in [-0.39, 0.29) is 6.61 Å². The van der Waals surface area contributed by atoms with Crippen LogP contribution in [-0.4, -0.2) is 37.0 Å². The van der Waals surface area contributed by atoms with Gasteiger partial charge in [-0.1, -0.05) is 97.6 Å². The van der Waals surface area contributed by atoms with E-state index in [4.69, 9.17) is 23.7 Å². The van der Waals surface area contributed by atoms with Crippen molar-refractivity contribution in [3.63, 3.8) is 0 Å². The number of carbonyl (C=O) groups is 1. The van der Waals surface area contributed by atoms with E-state index in [0.29, 0.717) is 25.6 Å². The quantitative estimate of drug-likeness (QED) is 0.272. The molecule has 4 atom stereocenters. The molecule has 1 heterocycles. The number of carbonyl (C=O) groups excluding carboxylic acids is 1. The zero-order valence-corrected chi connectivity index (χ0v) is 20.5. The zero-order valence-electron chi connectivity index (χ0n) is 20.5. The summed E-state index contributed by atoms with van der Waals surface area (Å²) in [5.74, 6) is 0.0304. The standard InChI is InChI=1S/C30H32O6/c1-22(32-18-24-12-6-3-7-13-24)28-30(34-20-26-16-10-5-11-17-26)29(27(21-35-28)36-23(2)31)33-19-25-14-8-4-9-15-25/h3-17,27-30H,1,18-21H2,2H3. The summed E-state index contributed by atoms with van der Waals surface area (Å²) < 4.78 is 30.5. The van der Waals surface area contributed by atoms with Crippen LogP contribution in [-0.2, 0) is 48.3 Å². The minimum absolute atomic E-state index is 0.141. The van der Waals surface area contributed by atoms with Gasteiger partial charge in [-0.25, -0.2) is 0 Å². The molecule has 1 aliphatic heterocycles. The van der Waals surface area contributed by atoms with Crippen LogP contribution in [0.5, 0.6) is 0 Å². The van der Waals surface area contributed by atoms with Gasteiger partial charge in [-0.15, -0.1) is 0 Å². The lowest BCUT2D eigenvalue weighted by Crippen LogP contribution is -2.57. The highest BCUT2D eigenvalue weighted by atomic mass is 16.6. The summed E-state index contributed by atoms with van der Waals surface area (Å²) in [6.45, 7) is 6.68. The van der Waals surface area contributed by atoms with E-state index in [2.05, 4.69) is 6.58 Å². The first-order valence-corrected chi connectivity index (χ1v) is 12.1. The van der Waals surface area contributed by atoms with Crippen LogP contribution in [0.1, 0.15) is 23.6 Å². The molecule has 0 N–H and O–H groups in total. The third-order valence-electron chi connectivity index (χ3n) is 5.90. The van der Waals surface area contributed by atoms with Crippen LogP contribution >= 0.6 is 0 Å². The van der Waals surface area contributed by atoms with Gasteiger partial charge in [-0.3, -0.25) is 4.79 Å². The molecule has 36 heavy (non-hydrogen) atoms. The minimum Gasteiger partial charge on any atom is -0.491 e. The predicted molar refractivity (Wildman–Crippen MR) is 136 cm³/mol. The summed E-state index contributed by atoms with van der Waals surface area (Å²) in [5.41, 5.74) is 3.03. The van der Waals surface area contributed by atoms with Crippen molar-refractivity contribution in [2.24, 2.45) is 0 Å². The first-order chi connectivity index (χ1) is 17.6. The lowest BCUT2D eigenvalue weighted by Gasteiger charge is -2.42. The van der Waals surface area contributed by atoms with E-state index >= 15 is 0 Å². The van der Waals surface area contributed by atoms with Gasteiger partial charge in [0.1, 0.15) is 30.7 Å². The van der Waals surface area contributed by atoms with E-state index in [0.717, 1.165) is 16.7 Å². The first kappa shape index (κ1) is 25.6. The molecule has 3 aromatic carbocycles. The highest BCUT2D eigenvalue weighted by molar-refractivity contribution is 5.66. The van der Waals surface area contributed by atoms with Gasteiger partial charge in [-0.05, 0) is 16.7 Å². The minimum atomic E-state index is -0.634. The topological polar surface area (TPSA) is 63.2 Å². The molecule has 1 fully saturated rings. The maximum absolute atomic E-state index is 11.9. The number of esters is 1. The molecule has 4 unspecified atom stereocenters. The van der Waals surface area contributed by atoms with Gasteiger partial charge in [0.25, 0.3) is 0 Å². The first-order valence-electron chi connectivity index (χ1n) is 12.1. The fourth-order valence-corrected chi connectivity index (χ4v) is 4.11. The highest BCUT2D eigenvalue weighted by Crippen LogP contribution is 2.30. The van der Waals surface area contributed by atoms with Crippen molar-refractivity contribution < 1.29 is 28.5 Å². The zero-order chi connectivity index (χ0) is 25.2. The molecular weight excluding hydrogens is 456 g/mol. The van der Waals surface area contributed by atoms with Gasteiger partial charge in [0.05, 0.1) is 19.8 Å². The van der Waals surface area contributed by atoms with Crippen molar-refractivity contribution >= 4 is 5.97 Å². The summed E-state index contributed by atoms with van der Waals surface area (Å²) in [5, 5.41) is 0. The molecule has 6 heteroatoms. The van der Waals surface area contributed by atoms with Crippen LogP contribution in [0.15, 0.2) is 103 Å². The number of hydrogen-bond donors (Lipinski definition) is 0. The number of ether oxygens (including phenoxy) is 5. The van der Waals surface area contributed by atoms with Gasteiger partial charge in [0, 0.05) is 6.92 Å². The Labute approximate surface area is 212 Å². The summed E-state index contributed by atoms with van der Waals surface area (Å²) in [7, 11) is 0. The molecule has 0 bridgehead atoms. The Bertz CT molecular complexity index is 1090. The van der Waals surface area contributed by atoms with Crippen molar-refractivity contribution in [1.82, 2.24) is 0 Å². The molecule has 1 saturated heterocycles. The SMILES string of the molecule is C=C(OCc1ccccc1)C1OCC(OC(C)=O)C(OCc2ccccc2)C1OCc1ccccc1. The van der Waals surface area contributed by atoms with E-state index in [1.165, 1.54) is 6.92 Å². The molecule has 0 amide bonds. The number of benzene rings is 3. The molecule has 0 spiro atoms. The number of hydrogen-bond acceptors (Lipinski definition) is 6. The summed E-state index contributed by atoms with van der Waals surface area (Å²) in [6, 6.07) is 29.5. The third-order valence-corrected chi connectivity index (χ3v) is 5.90. The van der Waals surface area contributed by atoms with Crippen LogP contribution in [0.25, 0.3) is 0 Å². The Morgan fingerprint density at radius 3 is 1.75 bits per heavy atom. The van der Waals surface area contributed by atoms with Crippen molar-refractivity contribution in [3.8, 4) is 0 Å². The normalized spacial score (nSPS) is 21.5. The second kappa shape index (κ2) is 13.0. The number of rotatable bonds is 11. The fraction of sp³-hybridized carbons (Fsp3) is 0.300. The highest BCUT2D eigenvalue weighted by Gasteiger charge is 2.45. The summed E-state index contributed by atoms with van der Waals surface area (Å²) >= 11 is 0. The molecular formula is C30H32O6. The summed E-state index contributed by atoms with van der Waals surface area (Å²) in [6.07, 6.45) is -2.45. The Morgan fingerprint density at radius 2 is 1.25 bits per heavy atom. The molecule has 3 aromatic rings. The average Bonchev–Trinajstić information content (AvgIpc) is 2.91. The van der Waals surface area contributed by atoms with Gasteiger partial charge < -0.3 is 23.7 Å². The fourth-order valence-electron chi connectivity index (χ4n) is 4.11. The Morgan fingerprint density at radius 1 is 0.778 bits per heavy atom. The largest absolute Gasteiger partial charge is 0.491 e. The van der Waals surface area contributed by atoms with Crippen LogP contribution in [0, 0.1) is 0 Å². The molecule has 1 aliphatic rings. The van der Waals surface area contributed by atoms with Crippen molar-refractivity contribution in [1.29, 1.82) is 0 Å². The van der Waals surface area contributed by atoms with Crippen molar-refractivity contribution in [2.45, 2.75) is 51.2 Å². The van der Waals surface area contributed by atoms with Crippen LogP contribution < -0.4 is 0 Å². The van der Waals surface area contributed by atoms with E-state index < -0.39 is 30.4 Å².